The minimum Gasteiger partial charge on any atom is -0.385 e. The molecule has 2 nitrogen and oxygen atoms in total. The number of piperidine rings is 1. The Balaban J connectivity index is 2.12. The van der Waals surface area contributed by atoms with Crippen molar-refractivity contribution in [2.75, 3.05) is 19.6 Å². The first-order valence-electron chi connectivity index (χ1n) is 8.68. The first-order valence-corrected chi connectivity index (χ1v) is 9.67. The molecule has 2 rings (SSSR count). The molecule has 1 heterocycles. The van der Waals surface area contributed by atoms with Crippen molar-refractivity contribution >= 4 is 11.8 Å². The highest BCUT2D eigenvalue weighted by atomic mass is 32.2. The van der Waals surface area contributed by atoms with Gasteiger partial charge in [-0.2, -0.15) is 11.8 Å². The molecule has 23 heavy (non-hydrogen) atoms. The molecule has 1 aliphatic heterocycles. The summed E-state index contributed by atoms with van der Waals surface area (Å²) >= 11 is 1.98. The molecule has 1 aromatic carbocycles. The summed E-state index contributed by atoms with van der Waals surface area (Å²) in [5, 5.41) is 11.2. The van der Waals surface area contributed by atoms with E-state index in [4.69, 9.17) is 0 Å². The van der Waals surface area contributed by atoms with Gasteiger partial charge in [0, 0.05) is 30.1 Å². The summed E-state index contributed by atoms with van der Waals surface area (Å²) < 4.78 is 0.281. The second-order valence-corrected chi connectivity index (χ2v) is 8.86. The molecule has 3 heteroatoms. The van der Waals surface area contributed by atoms with E-state index in [9.17, 15) is 5.11 Å². The van der Waals surface area contributed by atoms with Gasteiger partial charge in [0.1, 0.15) is 0 Å². The maximum atomic E-state index is 11.2. The molecule has 0 bridgehead atoms. The van der Waals surface area contributed by atoms with Crippen LogP contribution >= 0.6 is 11.8 Å². The summed E-state index contributed by atoms with van der Waals surface area (Å²) in [6.07, 6.45) is 4.71. The molecule has 0 saturated carbocycles. The van der Waals surface area contributed by atoms with Crippen molar-refractivity contribution in [2.45, 2.75) is 56.1 Å². The monoisotopic (exact) mass is 333 g/mol. The van der Waals surface area contributed by atoms with E-state index in [1.54, 1.807) is 0 Å². The number of benzene rings is 1. The van der Waals surface area contributed by atoms with Crippen LogP contribution in [0, 0.1) is 0 Å². The number of hydrogen-bond acceptors (Lipinski definition) is 3. The second kappa shape index (κ2) is 7.87. The van der Waals surface area contributed by atoms with Crippen LogP contribution in [-0.2, 0) is 11.4 Å². The Morgan fingerprint density at radius 2 is 1.96 bits per heavy atom. The van der Waals surface area contributed by atoms with E-state index < -0.39 is 5.60 Å². The molecule has 1 aromatic rings. The van der Waals surface area contributed by atoms with Crippen LogP contribution in [0.1, 0.15) is 51.2 Å². The molecule has 1 N–H and O–H groups in total. The first-order chi connectivity index (χ1) is 10.9. The molecule has 0 atom stereocenters. The van der Waals surface area contributed by atoms with Gasteiger partial charge in [0.15, 0.2) is 0 Å². The average molecular weight is 334 g/mol. The number of likely N-dealkylation sites (tertiary alicyclic amines) is 1. The fourth-order valence-corrected chi connectivity index (χ4v) is 4.03. The topological polar surface area (TPSA) is 23.5 Å². The maximum absolute atomic E-state index is 11.2. The van der Waals surface area contributed by atoms with Gasteiger partial charge in [0.05, 0.1) is 5.60 Å². The van der Waals surface area contributed by atoms with E-state index in [1.807, 2.05) is 17.8 Å². The van der Waals surface area contributed by atoms with Crippen LogP contribution in [0.2, 0.25) is 0 Å². The van der Waals surface area contributed by atoms with Gasteiger partial charge in [-0.15, -0.1) is 6.58 Å². The second-order valence-electron chi connectivity index (χ2n) is 7.18. The number of hydrogen-bond donors (Lipinski definition) is 1. The van der Waals surface area contributed by atoms with E-state index in [0.29, 0.717) is 0 Å². The Hall–Kier alpha value is -0.770. The Morgan fingerprint density at radius 3 is 2.57 bits per heavy atom. The Kier molecular flexibility index (Phi) is 6.35. The molecule has 128 valence electrons. The number of thioether (sulfide) groups is 1. The lowest BCUT2D eigenvalue weighted by Crippen LogP contribution is -2.43. The van der Waals surface area contributed by atoms with Gasteiger partial charge >= 0.3 is 0 Å². The number of nitrogens with zero attached hydrogens (tertiary/aromatic N) is 1. The molecule has 1 fully saturated rings. The predicted octanol–water partition coefficient (Wildman–Crippen LogP) is 4.58. The summed E-state index contributed by atoms with van der Waals surface area (Å²) in [5.41, 5.74) is 1.75. The Morgan fingerprint density at radius 1 is 1.30 bits per heavy atom. The van der Waals surface area contributed by atoms with Gasteiger partial charge in [-0.1, -0.05) is 51.1 Å². The SMILES string of the molecule is C=CCN1CCC(O)(c2ccccc2CSC(C)(C)CC)CC1. The lowest BCUT2D eigenvalue weighted by molar-refractivity contribution is -0.0239. The van der Waals surface area contributed by atoms with Gasteiger partial charge in [-0.05, 0) is 30.4 Å². The third-order valence-corrected chi connectivity index (χ3v) is 6.58. The van der Waals surface area contributed by atoms with E-state index >= 15 is 0 Å². The van der Waals surface area contributed by atoms with E-state index in [-0.39, 0.29) is 4.75 Å². The van der Waals surface area contributed by atoms with Crippen molar-refractivity contribution in [1.82, 2.24) is 4.90 Å². The largest absolute Gasteiger partial charge is 0.385 e. The molecular formula is C20H31NOS. The molecule has 1 saturated heterocycles. The lowest BCUT2D eigenvalue weighted by atomic mass is 9.82. The van der Waals surface area contributed by atoms with Crippen LogP contribution in [0.15, 0.2) is 36.9 Å². The number of aliphatic hydroxyl groups is 1. The van der Waals surface area contributed by atoms with E-state index in [1.165, 1.54) is 5.56 Å². The van der Waals surface area contributed by atoms with Gasteiger partial charge in [0.25, 0.3) is 0 Å². The van der Waals surface area contributed by atoms with Crippen molar-refractivity contribution in [3.05, 3.63) is 48.0 Å². The average Bonchev–Trinajstić information content (AvgIpc) is 2.56. The quantitative estimate of drug-likeness (QED) is 0.739. The van der Waals surface area contributed by atoms with Gasteiger partial charge in [0.2, 0.25) is 0 Å². The highest BCUT2D eigenvalue weighted by molar-refractivity contribution is 7.99. The summed E-state index contributed by atoms with van der Waals surface area (Å²) in [5.74, 6) is 0.968. The van der Waals surface area contributed by atoms with Crippen LogP contribution in [0.4, 0.5) is 0 Å². The maximum Gasteiger partial charge on any atom is 0.0923 e. The summed E-state index contributed by atoms with van der Waals surface area (Å²) in [4.78, 5) is 2.36. The molecule has 0 aliphatic carbocycles. The van der Waals surface area contributed by atoms with Crippen LogP contribution in [0.3, 0.4) is 0 Å². The Bertz CT molecular complexity index is 518. The van der Waals surface area contributed by atoms with Crippen molar-refractivity contribution in [1.29, 1.82) is 0 Å². The van der Waals surface area contributed by atoms with E-state index in [2.05, 4.69) is 56.5 Å². The van der Waals surface area contributed by atoms with Crippen LogP contribution in [0.25, 0.3) is 0 Å². The molecule has 0 amide bonds. The zero-order valence-electron chi connectivity index (χ0n) is 14.8. The fourth-order valence-electron chi connectivity index (χ4n) is 3.03. The summed E-state index contributed by atoms with van der Waals surface area (Å²) in [6, 6.07) is 8.46. The van der Waals surface area contributed by atoms with Crippen LogP contribution in [-0.4, -0.2) is 34.4 Å². The molecule has 0 radical (unpaired) electrons. The zero-order chi connectivity index (χ0) is 16.9. The molecule has 0 aromatic heterocycles. The minimum absolute atomic E-state index is 0.281. The van der Waals surface area contributed by atoms with Crippen LogP contribution < -0.4 is 0 Å². The third kappa shape index (κ3) is 4.85. The van der Waals surface area contributed by atoms with Crippen molar-refractivity contribution in [2.24, 2.45) is 0 Å². The van der Waals surface area contributed by atoms with Gasteiger partial charge < -0.3 is 5.11 Å². The summed E-state index contributed by atoms with van der Waals surface area (Å²) in [7, 11) is 0. The predicted molar refractivity (Wildman–Crippen MR) is 102 cm³/mol. The molecule has 1 aliphatic rings. The molecular weight excluding hydrogens is 302 g/mol. The van der Waals surface area contributed by atoms with Crippen molar-refractivity contribution in [3.8, 4) is 0 Å². The molecule has 0 unspecified atom stereocenters. The number of rotatable bonds is 7. The van der Waals surface area contributed by atoms with Crippen molar-refractivity contribution < 1.29 is 5.11 Å². The van der Waals surface area contributed by atoms with Crippen molar-refractivity contribution in [3.63, 3.8) is 0 Å². The van der Waals surface area contributed by atoms with E-state index in [0.717, 1.165) is 50.2 Å². The molecule has 0 spiro atoms. The highest BCUT2D eigenvalue weighted by Crippen LogP contribution is 2.38. The Labute approximate surface area is 146 Å². The summed E-state index contributed by atoms with van der Waals surface area (Å²) in [6.45, 7) is 13.4. The fraction of sp³-hybridized carbons (Fsp3) is 0.600. The normalized spacial score (nSPS) is 18.8. The lowest BCUT2D eigenvalue weighted by Gasteiger charge is -2.39. The van der Waals surface area contributed by atoms with Crippen LogP contribution in [0.5, 0.6) is 0 Å². The standard InChI is InChI=1S/C20H31NOS/c1-5-13-21-14-11-20(22,12-15-21)18-10-8-7-9-17(18)16-23-19(3,4)6-2/h5,7-10,22H,1,6,11-16H2,2-4H3. The highest BCUT2D eigenvalue weighted by Gasteiger charge is 2.35. The van der Waals surface area contributed by atoms with Gasteiger partial charge in [-0.25, -0.2) is 0 Å². The minimum atomic E-state index is -0.675. The van der Waals surface area contributed by atoms with Gasteiger partial charge in [-0.3, -0.25) is 4.90 Å². The third-order valence-electron chi connectivity index (χ3n) is 5.06. The smallest absolute Gasteiger partial charge is 0.0923 e. The first kappa shape index (κ1) is 18.6. The zero-order valence-corrected chi connectivity index (χ0v) is 15.7.